The molecule has 2 amide bonds. The van der Waals surface area contributed by atoms with Crippen molar-refractivity contribution in [2.45, 2.75) is 64.9 Å². The summed E-state index contributed by atoms with van der Waals surface area (Å²) < 4.78 is 0.976. The average molecular weight is 582 g/mol. The van der Waals surface area contributed by atoms with E-state index in [1.165, 1.54) is 16.7 Å². The van der Waals surface area contributed by atoms with Crippen LogP contribution in [0.5, 0.6) is 0 Å². The molecule has 1 N–H and O–H groups in total. The van der Waals surface area contributed by atoms with Gasteiger partial charge in [0.2, 0.25) is 11.8 Å². The number of carbonyl (C=O) groups excluding carboxylic acids is 2. The first kappa shape index (κ1) is 29.0. The van der Waals surface area contributed by atoms with Gasteiger partial charge in [-0.15, -0.1) is 11.8 Å². The second kappa shape index (κ2) is 13.3. The zero-order valence-corrected chi connectivity index (χ0v) is 24.8. The quantitative estimate of drug-likeness (QED) is 0.285. The molecule has 0 aliphatic carbocycles. The van der Waals surface area contributed by atoms with E-state index in [-0.39, 0.29) is 11.8 Å². The Labute approximate surface area is 234 Å². The second-order valence-electron chi connectivity index (χ2n) is 10.6. The molecule has 1 atom stereocenters. The van der Waals surface area contributed by atoms with E-state index in [0.717, 1.165) is 21.4 Å². The topological polar surface area (TPSA) is 49.4 Å². The Balaban J connectivity index is 1.87. The van der Waals surface area contributed by atoms with Crippen LogP contribution in [-0.4, -0.2) is 34.0 Å². The van der Waals surface area contributed by atoms with Gasteiger partial charge >= 0.3 is 0 Å². The van der Waals surface area contributed by atoms with Crippen molar-refractivity contribution in [1.82, 2.24) is 10.2 Å². The molecule has 0 saturated carbocycles. The van der Waals surface area contributed by atoms with Gasteiger partial charge in [0.15, 0.2) is 0 Å². The number of rotatable bonds is 10. The Hall–Kier alpha value is -2.57. The normalized spacial score (nSPS) is 12.2. The van der Waals surface area contributed by atoms with Gasteiger partial charge in [-0.05, 0) is 63.4 Å². The van der Waals surface area contributed by atoms with Crippen LogP contribution >= 0.6 is 27.7 Å². The van der Waals surface area contributed by atoms with Gasteiger partial charge in [-0.2, -0.15) is 0 Å². The monoisotopic (exact) mass is 580 g/mol. The number of nitrogens with zero attached hydrogens (tertiary/aromatic N) is 1. The van der Waals surface area contributed by atoms with Crippen molar-refractivity contribution < 1.29 is 9.59 Å². The van der Waals surface area contributed by atoms with E-state index < -0.39 is 11.6 Å². The maximum absolute atomic E-state index is 13.8. The van der Waals surface area contributed by atoms with Crippen LogP contribution < -0.4 is 5.32 Å². The van der Waals surface area contributed by atoms with E-state index in [1.807, 2.05) is 75.4 Å². The number of hydrogen-bond donors (Lipinski definition) is 1. The molecule has 0 spiro atoms. The molecule has 3 rings (SSSR count). The highest BCUT2D eigenvalue weighted by atomic mass is 79.9. The lowest BCUT2D eigenvalue weighted by Crippen LogP contribution is -2.54. The Morgan fingerprint density at radius 1 is 0.892 bits per heavy atom. The van der Waals surface area contributed by atoms with Crippen molar-refractivity contribution in [3.63, 3.8) is 0 Å². The van der Waals surface area contributed by atoms with Crippen LogP contribution in [0.2, 0.25) is 0 Å². The lowest BCUT2D eigenvalue weighted by Gasteiger charge is -2.34. The molecule has 0 heterocycles. The molecule has 0 bridgehead atoms. The number of benzene rings is 3. The highest BCUT2D eigenvalue weighted by Crippen LogP contribution is 2.21. The van der Waals surface area contributed by atoms with Crippen molar-refractivity contribution >= 4 is 39.5 Å². The molecule has 0 radical (unpaired) electrons. The van der Waals surface area contributed by atoms with E-state index in [0.29, 0.717) is 18.7 Å². The minimum atomic E-state index is -0.625. The summed E-state index contributed by atoms with van der Waals surface area (Å²) in [5.74, 6) is 0.874. The summed E-state index contributed by atoms with van der Waals surface area (Å²) in [4.78, 5) is 29.1. The summed E-state index contributed by atoms with van der Waals surface area (Å²) in [5, 5.41) is 3.12. The molecule has 6 heteroatoms. The molecular formula is C31H37BrN2O2S. The van der Waals surface area contributed by atoms with Gasteiger partial charge in [0.25, 0.3) is 0 Å². The van der Waals surface area contributed by atoms with Gasteiger partial charge in [0.1, 0.15) is 6.04 Å². The number of hydrogen-bond acceptors (Lipinski definition) is 3. The molecule has 0 aliphatic heterocycles. The van der Waals surface area contributed by atoms with Crippen LogP contribution in [0, 0.1) is 13.8 Å². The first-order valence-corrected chi connectivity index (χ1v) is 14.5. The van der Waals surface area contributed by atoms with Crippen LogP contribution in [0.3, 0.4) is 0 Å². The molecule has 4 nitrogen and oxygen atoms in total. The Morgan fingerprint density at radius 2 is 1.51 bits per heavy atom. The third kappa shape index (κ3) is 9.67. The van der Waals surface area contributed by atoms with Gasteiger partial charge < -0.3 is 10.2 Å². The largest absolute Gasteiger partial charge is 0.350 e. The van der Waals surface area contributed by atoms with Crippen molar-refractivity contribution in [2.75, 3.05) is 5.75 Å². The minimum Gasteiger partial charge on any atom is -0.350 e. The van der Waals surface area contributed by atoms with E-state index >= 15 is 0 Å². The third-order valence-corrected chi connectivity index (χ3v) is 7.33. The van der Waals surface area contributed by atoms with E-state index in [1.54, 1.807) is 16.7 Å². The molecule has 3 aromatic carbocycles. The van der Waals surface area contributed by atoms with Crippen LogP contribution in [0.1, 0.15) is 48.6 Å². The number of nitrogens with one attached hydrogen (secondary N) is 1. The summed E-state index contributed by atoms with van der Waals surface area (Å²) in [6.07, 6.45) is 0.451. The maximum Gasteiger partial charge on any atom is 0.243 e. The summed E-state index contributed by atoms with van der Waals surface area (Å²) in [6, 6.07) is 23.7. The first-order chi connectivity index (χ1) is 17.5. The van der Waals surface area contributed by atoms with Crippen molar-refractivity contribution in [3.8, 4) is 0 Å². The van der Waals surface area contributed by atoms with E-state index in [9.17, 15) is 9.59 Å². The fourth-order valence-electron chi connectivity index (χ4n) is 4.28. The molecule has 37 heavy (non-hydrogen) atoms. The van der Waals surface area contributed by atoms with Gasteiger partial charge in [-0.3, -0.25) is 9.59 Å². The minimum absolute atomic E-state index is 0.0396. The molecule has 3 aromatic rings. The summed E-state index contributed by atoms with van der Waals surface area (Å²) in [7, 11) is 0. The fourth-order valence-corrected chi connectivity index (χ4v) is 5.39. The molecule has 0 aliphatic rings. The third-order valence-electron chi connectivity index (χ3n) is 5.81. The highest BCUT2D eigenvalue weighted by Gasteiger charge is 2.32. The van der Waals surface area contributed by atoms with Gasteiger partial charge in [-0.25, -0.2) is 0 Å². The van der Waals surface area contributed by atoms with E-state index in [2.05, 4.69) is 53.3 Å². The first-order valence-electron chi connectivity index (χ1n) is 12.5. The molecule has 0 aromatic heterocycles. The molecular weight excluding hydrogens is 544 g/mol. The lowest BCUT2D eigenvalue weighted by atomic mass is 10.0. The van der Waals surface area contributed by atoms with Gasteiger partial charge in [-0.1, -0.05) is 87.7 Å². The van der Waals surface area contributed by atoms with Crippen LogP contribution in [0.4, 0.5) is 0 Å². The smallest absolute Gasteiger partial charge is 0.243 e. The summed E-state index contributed by atoms with van der Waals surface area (Å²) >= 11 is 5.08. The van der Waals surface area contributed by atoms with Crippen LogP contribution in [0.25, 0.3) is 0 Å². The Bertz CT molecular complexity index is 1170. The second-order valence-corrected chi connectivity index (χ2v) is 12.5. The maximum atomic E-state index is 13.8. The fraction of sp³-hybridized carbons (Fsp3) is 0.355. The van der Waals surface area contributed by atoms with Crippen molar-refractivity contribution in [2.24, 2.45) is 0 Å². The standard InChI is InChI=1S/C31H37BrN2O2S/c1-22-15-23(2)17-26(16-22)20-37-21-29(35)34(19-25-11-13-27(32)14-12-25)28(30(36)33-31(3,4)5)18-24-9-7-6-8-10-24/h6-17,28H,18-21H2,1-5H3,(H,33,36)/t28-/m1/s1. The summed E-state index contributed by atoms with van der Waals surface area (Å²) in [6.45, 7) is 10.4. The molecule has 0 fully saturated rings. The average Bonchev–Trinajstić information content (AvgIpc) is 2.81. The number of carbonyl (C=O) groups is 2. The molecule has 0 unspecified atom stereocenters. The van der Waals surface area contributed by atoms with Crippen molar-refractivity contribution in [1.29, 1.82) is 0 Å². The van der Waals surface area contributed by atoms with Crippen LogP contribution in [-0.2, 0) is 28.3 Å². The zero-order valence-electron chi connectivity index (χ0n) is 22.4. The lowest BCUT2D eigenvalue weighted by molar-refractivity contribution is -0.140. The predicted octanol–water partition coefficient (Wildman–Crippen LogP) is 6.85. The number of amides is 2. The van der Waals surface area contributed by atoms with E-state index in [4.69, 9.17) is 0 Å². The Morgan fingerprint density at radius 3 is 2.11 bits per heavy atom. The SMILES string of the molecule is Cc1cc(C)cc(CSCC(=O)N(Cc2ccc(Br)cc2)[C@H](Cc2ccccc2)C(=O)NC(C)(C)C)c1. The van der Waals surface area contributed by atoms with Gasteiger partial charge in [0, 0.05) is 28.7 Å². The number of halogens is 1. The number of aryl methyl sites for hydroxylation is 2. The van der Waals surface area contributed by atoms with Crippen molar-refractivity contribution in [3.05, 3.63) is 105 Å². The molecule has 196 valence electrons. The molecule has 0 saturated heterocycles. The van der Waals surface area contributed by atoms with Crippen LogP contribution in [0.15, 0.2) is 77.3 Å². The predicted molar refractivity (Wildman–Crippen MR) is 159 cm³/mol. The van der Waals surface area contributed by atoms with Gasteiger partial charge in [0.05, 0.1) is 5.75 Å². The Kier molecular flexibility index (Phi) is 10.4. The zero-order chi connectivity index (χ0) is 27.0. The number of thioether (sulfide) groups is 1. The highest BCUT2D eigenvalue weighted by molar-refractivity contribution is 9.10. The summed E-state index contributed by atoms with van der Waals surface area (Å²) in [5.41, 5.74) is 5.25.